The van der Waals surface area contributed by atoms with Gasteiger partial charge in [0, 0.05) is 31.8 Å². The van der Waals surface area contributed by atoms with Crippen LogP contribution in [0.3, 0.4) is 0 Å². The van der Waals surface area contributed by atoms with Crippen LogP contribution in [-0.4, -0.2) is 21.5 Å². The molecule has 0 aliphatic rings. The molecule has 1 amide bonds. The topological polar surface area (TPSA) is 64.0 Å². The van der Waals surface area contributed by atoms with Crippen LogP contribution < -0.4 is 5.32 Å². The molecule has 134 valence electrons. The second-order valence-electron chi connectivity index (χ2n) is 5.78. The number of hydrogen-bond acceptors (Lipinski definition) is 4. The minimum atomic E-state index is -0.144. The van der Waals surface area contributed by atoms with Gasteiger partial charge in [0.25, 0.3) is 0 Å². The summed E-state index contributed by atoms with van der Waals surface area (Å²) in [4.78, 5) is 24.7. The van der Waals surface area contributed by atoms with Crippen LogP contribution in [0.25, 0.3) is 0 Å². The van der Waals surface area contributed by atoms with Gasteiger partial charge < -0.3 is 5.32 Å². The van der Waals surface area contributed by atoms with E-state index in [1.807, 2.05) is 41.2 Å². The maximum Gasteiger partial charge on any atom is 0.220 e. The highest BCUT2D eigenvalue weighted by Gasteiger charge is 2.12. The van der Waals surface area contributed by atoms with Crippen molar-refractivity contribution in [2.24, 2.45) is 0 Å². The molecule has 0 saturated carbocycles. The number of thiophene rings is 1. The van der Waals surface area contributed by atoms with Crippen LogP contribution in [0.5, 0.6) is 0 Å². The zero-order valence-corrected chi connectivity index (χ0v) is 15.6. The summed E-state index contributed by atoms with van der Waals surface area (Å²) in [6.45, 7) is 1.08. The molecule has 0 spiro atoms. The monoisotopic (exact) mass is 387 g/mol. The Hall–Kier alpha value is -2.44. The number of nitrogens with one attached hydrogen (secondary N) is 1. The summed E-state index contributed by atoms with van der Waals surface area (Å²) in [6, 6.07) is 13.2. The molecule has 0 atom stereocenters. The molecule has 3 rings (SSSR count). The minimum absolute atomic E-state index is 0.0591. The highest BCUT2D eigenvalue weighted by atomic mass is 35.5. The van der Waals surface area contributed by atoms with Crippen LogP contribution in [0.1, 0.15) is 33.6 Å². The lowest BCUT2D eigenvalue weighted by molar-refractivity contribution is -0.121. The normalized spacial score (nSPS) is 10.7. The van der Waals surface area contributed by atoms with Crippen LogP contribution in [0, 0.1) is 0 Å². The summed E-state index contributed by atoms with van der Waals surface area (Å²) >= 11 is 7.07. The number of ketones is 1. The van der Waals surface area contributed by atoms with Crippen molar-refractivity contribution in [3.8, 4) is 0 Å². The van der Waals surface area contributed by atoms with Crippen molar-refractivity contribution in [3.63, 3.8) is 0 Å². The van der Waals surface area contributed by atoms with Gasteiger partial charge in [-0.3, -0.25) is 14.3 Å². The number of Topliss-reactive ketones (excluding diaryl/α,β-unsaturated/α-hetero) is 1. The summed E-state index contributed by atoms with van der Waals surface area (Å²) in [5, 5.41) is 7.10. The second kappa shape index (κ2) is 8.78. The third-order valence-corrected chi connectivity index (χ3v) is 5.19. The Morgan fingerprint density at radius 1 is 1.08 bits per heavy atom. The van der Waals surface area contributed by atoms with E-state index in [1.165, 1.54) is 11.3 Å². The first-order chi connectivity index (χ1) is 12.6. The fourth-order valence-electron chi connectivity index (χ4n) is 2.55. The van der Waals surface area contributed by atoms with Crippen molar-refractivity contribution in [2.75, 3.05) is 0 Å². The number of amides is 1. The zero-order chi connectivity index (χ0) is 18.4. The van der Waals surface area contributed by atoms with E-state index in [9.17, 15) is 9.59 Å². The lowest BCUT2D eigenvalue weighted by Crippen LogP contribution is -2.24. The van der Waals surface area contributed by atoms with Crippen molar-refractivity contribution >= 4 is 34.6 Å². The van der Waals surface area contributed by atoms with Crippen molar-refractivity contribution in [3.05, 3.63) is 75.2 Å². The molecule has 0 radical (unpaired) electrons. The number of rotatable bonds is 8. The predicted octanol–water partition coefficient (Wildman–Crippen LogP) is 3.93. The first-order valence-electron chi connectivity index (χ1n) is 8.21. The molecule has 0 aliphatic heterocycles. The fourth-order valence-corrected chi connectivity index (χ4v) is 3.56. The molecule has 3 aromatic rings. The SMILES string of the molecule is O=C(CCC(=O)c1ccc(Cl)s1)NCc1ccccc1Cn1cccn1. The number of benzene rings is 1. The number of aromatic nitrogens is 2. The average molecular weight is 388 g/mol. The smallest absolute Gasteiger partial charge is 0.220 e. The molecule has 0 saturated heterocycles. The van der Waals surface area contributed by atoms with E-state index in [0.29, 0.717) is 22.3 Å². The van der Waals surface area contributed by atoms with E-state index in [4.69, 9.17) is 11.6 Å². The molecule has 7 heteroatoms. The molecule has 1 N–H and O–H groups in total. The van der Waals surface area contributed by atoms with Gasteiger partial charge in [-0.2, -0.15) is 5.10 Å². The van der Waals surface area contributed by atoms with Crippen molar-refractivity contribution < 1.29 is 9.59 Å². The third kappa shape index (κ3) is 5.03. The molecule has 0 aliphatic carbocycles. The third-order valence-electron chi connectivity index (χ3n) is 3.91. The molecule has 0 unspecified atom stereocenters. The molecule has 2 aromatic heterocycles. The Morgan fingerprint density at radius 2 is 1.88 bits per heavy atom. The molecule has 0 fully saturated rings. The Bertz CT molecular complexity index is 890. The van der Waals surface area contributed by atoms with Crippen molar-refractivity contribution in [1.29, 1.82) is 0 Å². The van der Waals surface area contributed by atoms with Gasteiger partial charge in [0.15, 0.2) is 5.78 Å². The van der Waals surface area contributed by atoms with Gasteiger partial charge in [-0.25, -0.2) is 0 Å². The lowest BCUT2D eigenvalue weighted by Gasteiger charge is -2.11. The Morgan fingerprint density at radius 3 is 2.58 bits per heavy atom. The van der Waals surface area contributed by atoms with Crippen molar-refractivity contribution in [1.82, 2.24) is 15.1 Å². The molecular weight excluding hydrogens is 370 g/mol. The van der Waals surface area contributed by atoms with Crippen LogP contribution in [0.2, 0.25) is 4.34 Å². The summed E-state index contributed by atoms with van der Waals surface area (Å²) in [7, 11) is 0. The molecule has 2 heterocycles. The van der Waals surface area contributed by atoms with E-state index in [1.54, 1.807) is 18.3 Å². The lowest BCUT2D eigenvalue weighted by atomic mass is 10.1. The van der Waals surface area contributed by atoms with Crippen LogP contribution >= 0.6 is 22.9 Å². The number of halogens is 1. The summed E-state index contributed by atoms with van der Waals surface area (Å²) < 4.78 is 2.41. The van der Waals surface area contributed by atoms with Crippen LogP contribution in [-0.2, 0) is 17.9 Å². The maximum absolute atomic E-state index is 12.1. The van der Waals surface area contributed by atoms with Gasteiger partial charge in [-0.15, -0.1) is 11.3 Å². The number of nitrogens with zero attached hydrogens (tertiary/aromatic N) is 2. The first kappa shape index (κ1) is 18.4. The van der Waals surface area contributed by atoms with Gasteiger partial charge in [-0.05, 0) is 29.3 Å². The number of carbonyl (C=O) groups excluding carboxylic acids is 2. The molecule has 5 nitrogen and oxygen atoms in total. The van der Waals surface area contributed by atoms with Crippen LogP contribution in [0.4, 0.5) is 0 Å². The van der Waals surface area contributed by atoms with E-state index in [2.05, 4.69) is 10.4 Å². The minimum Gasteiger partial charge on any atom is -0.352 e. The molecule has 0 bridgehead atoms. The number of carbonyl (C=O) groups is 2. The van der Waals surface area contributed by atoms with Gasteiger partial charge in [0.2, 0.25) is 5.91 Å². The molecular formula is C19H18ClN3O2S. The second-order valence-corrected chi connectivity index (χ2v) is 7.49. The van der Waals surface area contributed by atoms with Crippen molar-refractivity contribution in [2.45, 2.75) is 25.9 Å². The molecule has 1 aromatic carbocycles. The Labute approximate surface area is 160 Å². The summed E-state index contributed by atoms with van der Waals surface area (Å²) in [6.07, 6.45) is 3.98. The number of hydrogen-bond donors (Lipinski definition) is 1. The Kier molecular flexibility index (Phi) is 6.20. The van der Waals surface area contributed by atoms with Gasteiger partial charge >= 0.3 is 0 Å². The van der Waals surface area contributed by atoms with Gasteiger partial charge in [0.05, 0.1) is 15.8 Å². The maximum atomic E-state index is 12.1. The largest absolute Gasteiger partial charge is 0.352 e. The van der Waals surface area contributed by atoms with Gasteiger partial charge in [-0.1, -0.05) is 35.9 Å². The van der Waals surface area contributed by atoms with E-state index >= 15 is 0 Å². The molecule has 26 heavy (non-hydrogen) atoms. The Balaban J connectivity index is 1.51. The van der Waals surface area contributed by atoms with E-state index < -0.39 is 0 Å². The predicted molar refractivity (Wildman–Crippen MR) is 103 cm³/mol. The van der Waals surface area contributed by atoms with Crippen LogP contribution in [0.15, 0.2) is 54.9 Å². The van der Waals surface area contributed by atoms with E-state index in [0.717, 1.165) is 11.1 Å². The average Bonchev–Trinajstić information content (AvgIpc) is 3.30. The highest BCUT2D eigenvalue weighted by molar-refractivity contribution is 7.18. The van der Waals surface area contributed by atoms with Gasteiger partial charge in [0.1, 0.15) is 0 Å². The quantitative estimate of drug-likeness (QED) is 0.596. The fraction of sp³-hybridized carbons (Fsp3) is 0.211. The first-order valence-corrected chi connectivity index (χ1v) is 9.41. The summed E-state index contributed by atoms with van der Waals surface area (Å²) in [5.41, 5.74) is 2.13. The highest BCUT2D eigenvalue weighted by Crippen LogP contribution is 2.22. The summed E-state index contributed by atoms with van der Waals surface area (Å²) in [5.74, 6) is -0.203. The zero-order valence-electron chi connectivity index (χ0n) is 14.0. The van der Waals surface area contributed by atoms with E-state index in [-0.39, 0.29) is 24.5 Å². The standard InChI is InChI=1S/C19H18ClN3O2S/c20-18-8-7-17(26-18)16(24)6-9-19(25)21-12-14-4-1-2-5-15(14)13-23-11-3-10-22-23/h1-5,7-8,10-11H,6,9,12-13H2,(H,21,25).